The molecule has 0 aliphatic rings. The molecule has 0 radical (unpaired) electrons. The second-order valence-corrected chi connectivity index (χ2v) is 6.09. The topological polar surface area (TPSA) is 29.1 Å². The van der Waals surface area contributed by atoms with E-state index in [1.165, 1.54) is 0 Å². The van der Waals surface area contributed by atoms with Crippen LogP contribution >= 0.6 is 23.2 Å². The molecular weight excluding hydrogens is 305 g/mol. The summed E-state index contributed by atoms with van der Waals surface area (Å²) >= 11 is 11.8. The van der Waals surface area contributed by atoms with E-state index in [0.717, 1.165) is 16.8 Å². The molecule has 1 amide bonds. The first-order valence-corrected chi connectivity index (χ1v) is 7.51. The van der Waals surface area contributed by atoms with Gasteiger partial charge in [-0.15, -0.1) is 0 Å². The molecule has 0 spiro atoms. The summed E-state index contributed by atoms with van der Waals surface area (Å²) in [6, 6.07) is 10.9. The van der Waals surface area contributed by atoms with Gasteiger partial charge in [-0.05, 0) is 42.2 Å². The van der Waals surface area contributed by atoms with Crippen LogP contribution in [0.15, 0.2) is 36.4 Å². The number of rotatable bonds is 3. The fraction of sp³-hybridized carbons (Fsp3) is 0.235. The molecular formula is C17H17Cl2NO. The van der Waals surface area contributed by atoms with Gasteiger partial charge < -0.3 is 5.32 Å². The van der Waals surface area contributed by atoms with Crippen molar-refractivity contribution in [2.24, 2.45) is 0 Å². The van der Waals surface area contributed by atoms with E-state index in [1.807, 2.05) is 25.1 Å². The van der Waals surface area contributed by atoms with Crippen LogP contribution in [0.5, 0.6) is 0 Å². The molecule has 110 valence electrons. The third-order valence-electron chi connectivity index (χ3n) is 3.35. The molecule has 0 atom stereocenters. The Morgan fingerprint density at radius 1 is 1.10 bits per heavy atom. The normalized spacial score (nSPS) is 10.8. The second-order valence-electron chi connectivity index (χ2n) is 5.28. The number of hydrogen-bond donors (Lipinski definition) is 1. The van der Waals surface area contributed by atoms with E-state index in [-0.39, 0.29) is 5.91 Å². The van der Waals surface area contributed by atoms with Crippen molar-refractivity contribution in [3.63, 3.8) is 0 Å². The van der Waals surface area contributed by atoms with E-state index in [1.54, 1.807) is 18.2 Å². The van der Waals surface area contributed by atoms with Gasteiger partial charge in [0, 0.05) is 11.3 Å². The molecule has 0 aromatic heterocycles. The predicted molar refractivity (Wildman–Crippen MR) is 89.7 cm³/mol. The van der Waals surface area contributed by atoms with Crippen molar-refractivity contribution in [3.8, 4) is 0 Å². The molecule has 2 aromatic carbocycles. The number of para-hydroxylation sites is 1. The van der Waals surface area contributed by atoms with Crippen molar-refractivity contribution >= 4 is 34.8 Å². The largest absolute Gasteiger partial charge is 0.321 e. The van der Waals surface area contributed by atoms with Crippen molar-refractivity contribution in [2.45, 2.75) is 26.7 Å². The van der Waals surface area contributed by atoms with Gasteiger partial charge in [-0.25, -0.2) is 0 Å². The molecule has 0 unspecified atom stereocenters. The first-order valence-electron chi connectivity index (χ1n) is 6.76. The molecule has 2 aromatic rings. The fourth-order valence-corrected chi connectivity index (χ4v) is 2.46. The molecule has 0 aliphatic carbocycles. The highest BCUT2D eigenvalue weighted by atomic mass is 35.5. The van der Waals surface area contributed by atoms with Gasteiger partial charge in [-0.2, -0.15) is 0 Å². The Balaban J connectivity index is 2.33. The van der Waals surface area contributed by atoms with Crippen LogP contribution in [-0.2, 0) is 0 Å². The molecule has 4 heteroatoms. The van der Waals surface area contributed by atoms with Crippen molar-refractivity contribution < 1.29 is 4.79 Å². The van der Waals surface area contributed by atoms with Gasteiger partial charge >= 0.3 is 0 Å². The van der Waals surface area contributed by atoms with Crippen molar-refractivity contribution in [3.05, 3.63) is 63.1 Å². The number of carbonyl (C=O) groups excluding carboxylic acids is 1. The lowest BCUT2D eigenvalue weighted by molar-refractivity contribution is 0.102. The Hall–Kier alpha value is -1.51. The lowest BCUT2D eigenvalue weighted by Crippen LogP contribution is -2.14. The highest BCUT2D eigenvalue weighted by Crippen LogP contribution is 2.28. The molecule has 0 saturated heterocycles. The Labute approximate surface area is 135 Å². The number of carbonyl (C=O) groups is 1. The quantitative estimate of drug-likeness (QED) is 0.774. The number of halogens is 2. The highest BCUT2D eigenvalue weighted by molar-refractivity contribution is 6.42. The molecule has 21 heavy (non-hydrogen) atoms. The van der Waals surface area contributed by atoms with E-state index in [4.69, 9.17) is 23.2 Å². The summed E-state index contributed by atoms with van der Waals surface area (Å²) in [5.74, 6) is 0.138. The average molecular weight is 322 g/mol. The number of benzene rings is 2. The summed E-state index contributed by atoms with van der Waals surface area (Å²) in [6.45, 7) is 6.18. The SMILES string of the molecule is Cc1cccc(C(C)C)c1NC(=O)c1ccc(Cl)c(Cl)c1. The zero-order valence-electron chi connectivity index (χ0n) is 12.2. The smallest absolute Gasteiger partial charge is 0.255 e. The number of nitrogens with one attached hydrogen (secondary N) is 1. The minimum Gasteiger partial charge on any atom is -0.321 e. The van der Waals surface area contributed by atoms with Crippen LogP contribution in [0.3, 0.4) is 0 Å². The molecule has 1 N–H and O–H groups in total. The first-order chi connectivity index (χ1) is 9.90. The molecule has 2 nitrogen and oxygen atoms in total. The summed E-state index contributed by atoms with van der Waals surface area (Å²) in [5.41, 5.74) is 3.50. The molecule has 0 bridgehead atoms. The van der Waals surface area contributed by atoms with Crippen LogP contribution < -0.4 is 5.32 Å². The van der Waals surface area contributed by atoms with Gasteiger partial charge in [0.05, 0.1) is 10.0 Å². The minimum atomic E-state index is -0.190. The summed E-state index contributed by atoms with van der Waals surface area (Å²) in [6.07, 6.45) is 0. The van der Waals surface area contributed by atoms with E-state index >= 15 is 0 Å². The van der Waals surface area contributed by atoms with Crippen molar-refractivity contribution in [1.82, 2.24) is 0 Å². The molecule has 0 heterocycles. The van der Waals surface area contributed by atoms with Crippen LogP contribution in [0.25, 0.3) is 0 Å². The average Bonchev–Trinajstić information content (AvgIpc) is 2.43. The summed E-state index contributed by atoms with van der Waals surface area (Å²) in [5, 5.41) is 3.79. The summed E-state index contributed by atoms with van der Waals surface area (Å²) < 4.78 is 0. The van der Waals surface area contributed by atoms with Crippen LogP contribution in [0.2, 0.25) is 10.0 Å². The number of hydrogen-bond acceptors (Lipinski definition) is 1. The number of aryl methyl sites for hydroxylation is 1. The molecule has 0 saturated carbocycles. The summed E-state index contributed by atoms with van der Waals surface area (Å²) in [4.78, 5) is 12.4. The third kappa shape index (κ3) is 3.58. The first kappa shape index (κ1) is 15.9. The minimum absolute atomic E-state index is 0.190. The van der Waals surface area contributed by atoms with E-state index in [2.05, 4.69) is 19.2 Å². The molecule has 2 rings (SSSR count). The highest BCUT2D eigenvalue weighted by Gasteiger charge is 2.14. The third-order valence-corrected chi connectivity index (χ3v) is 4.09. The van der Waals surface area contributed by atoms with Crippen LogP contribution in [0.4, 0.5) is 5.69 Å². The van der Waals surface area contributed by atoms with Crippen LogP contribution in [0.1, 0.15) is 41.3 Å². The van der Waals surface area contributed by atoms with Crippen LogP contribution in [-0.4, -0.2) is 5.91 Å². The maximum atomic E-state index is 12.4. The zero-order valence-corrected chi connectivity index (χ0v) is 13.7. The Bertz CT molecular complexity index is 680. The van der Waals surface area contributed by atoms with Gasteiger partial charge in [-0.1, -0.05) is 55.2 Å². The number of amides is 1. The van der Waals surface area contributed by atoms with E-state index < -0.39 is 0 Å². The maximum Gasteiger partial charge on any atom is 0.255 e. The lowest BCUT2D eigenvalue weighted by atomic mass is 9.98. The van der Waals surface area contributed by atoms with Gasteiger partial charge in [0.1, 0.15) is 0 Å². The molecule has 0 aliphatic heterocycles. The monoisotopic (exact) mass is 321 g/mol. The van der Waals surface area contributed by atoms with Crippen molar-refractivity contribution in [1.29, 1.82) is 0 Å². The Morgan fingerprint density at radius 3 is 2.43 bits per heavy atom. The van der Waals surface area contributed by atoms with Gasteiger partial charge in [0.2, 0.25) is 0 Å². The Kier molecular flexibility index (Phi) is 4.92. The maximum absolute atomic E-state index is 12.4. The van der Waals surface area contributed by atoms with Crippen molar-refractivity contribution in [2.75, 3.05) is 5.32 Å². The van der Waals surface area contributed by atoms with Gasteiger partial charge in [-0.3, -0.25) is 4.79 Å². The van der Waals surface area contributed by atoms with E-state index in [0.29, 0.717) is 21.5 Å². The summed E-state index contributed by atoms with van der Waals surface area (Å²) in [7, 11) is 0. The second kappa shape index (κ2) is 6.50. The van der Waals surface area contributed by atoms with E-state index in [9.17, 15) is 4.79 Å². The van der Waals surface area contributed by atoms with Crippen LogP contribution in [0, 0.1) is 6.92 Å². The standard InChI is InChI=1S/C17H17Cl2NO/c1-10(2)13-6-4-5-11(3)16(13)20-17(21)12-7-8-14(18)15(19)9-12/h4-10H,1-3H3,(H,20,21). The molecule has 0 fully saturated rings. The van der Waals surface area contributed by atoms with Gasteiger partial charge in [0.15, 0.2) is 0 Å². The lowest BCUT2D eigenvalue weighted by Gasteiger charge is -2.16. The number of anilines is 1. The fourth-order valence-electron chi connectivity index (χ4n) is 2.17. The Morgan fingerprint density at radius 2 is 1.81 bits per heavy atom. The zero-order chi connectivity index (χ0) is 15.6. The predicted octanol–water partition coefficient (Wildman–Crippen LogP) is 5.68. The van der Waals surface area contributed by atoms with Gasteiger partial charge in [0.25, 0.3) is 5.91 Å².